The van der Waals surface area contributed by atoms with Crippen molar-refractivity contribution in [2.75, 3.05) is 64.3 Å². The van der Waals surface area contributed by atoms with Crippen LogP contribution in [0.25, 0.3) is 0 Å². The third kappa shape index (κ3) is 6.36. The number of pyridine rings is 1. The molecule has 1 unspecified atom stereocenters. The molecule has 7 nitrogen and oxygen atoms in total. The normalized spacial score (nSPS) is 21.4. The van der Waals surface area contributed by atoms with Gasteiger partial charge in [-0.25, -0.2) is 4.98 Å². The monoisotopic (exact) mass is 374 g/mol. The van der Waals surface area contributed by atoms with E-state index in [2.05, 4.69) is 32.3 Å². The van der Waals surface area contributed by atoms with Gasteiger partial charge in [-0.15, -0.1) is 0 Å². The lowest BCUT2D eigenvalue weighted by Crippen LogP contribution is -2.46. The maximum atomic E-state index is 5.49. The molecule has 0 aliphatic carbocycles. The van der Waals surface area contributed by atoms with Crippen LogP contribution in [-0.4, -0.2) is 85.8 Å². The van der Waals surface area contributed by atoms with E-state index in [-0.39, 0.29) is 0 Å². The molecule has 2 N–H and O–H groups in total. The van der Waals surface area contributed by atoms with Crippen LogP contribution in [0.5, 0.6) is 0 Å². The van der Waals surface area contributed by atoms with Crippen LogP contribution >= 0.6 is 0 Å². The van der Waals surface area contributed by atoms with Crippen molar-refractivity contribution in [3.05, 3.63) is 24.4 Å². The van der Waals surface area contributed by atoms with Gasteiger partial charge in [0, 0.05) is 58.1 Å². The van der Waals surface area contributed by atoms with E-state index in [9.17, 15) is 0 Å². The van der Waals surface area contributed by atoms with Crippen LogP contribution in [0.2, 0.25) is 0 Å². The van der Waals surface area contributed by atoms with Crippen LogP contribution in [0.1, 0.15) is 26.2 Å². The average Bonchev–Trinajstić information content (AvgIpc) is 3.21. The van der Waals surface area contributed by atoms with Crippen molar-refractivity contribution >= 4 is 11.8 Å². The predicted octanol–water partition coefficient (Wildman–Crippen LogP) is 1.65. The second kappa shape index (κ2) is 11.1. The van der Waals surface area contributed by atoms with Gasteiger partial charge in [0.2, 0.25) is 0 Å². The molecule has 1 aromatic rings. The van der Waals surface area contributed by atoms with Gasteiger partial charge in [-0.05, 0) is 38.3 Å². The molecule has 2 aliphatic rings. The number of likely N-dealkylation sites (tertiary alicyclic amines) is 1. The Hall–Kier alpha value is -1.86. The van der Waals surface area contributed by atoms with E-state index < -0.39 is 0 Å². The first-order chi connectivity index (χ1) is 13.4. The first kappa shape index (κ1) is 19.9. The zero-order valence-electron chi connectivity index (χ0n) is 16.6. The minimum atomic E-state index is 0.639. The van der Waals surface area contributed by atoms with E-state index in [1.54, 1.807) is 0 Å². The molecule has 2 fully saturated rings. The quantitative estimate of drug-likeness (QED) is 0.410. The van der Waals surface area contributed by atoms with Gasteiger partial charge >= 0.3 is 0 Å². The highest BCUT2D eigenvalue weighted by Gasteiger charge is 2.30. The highest BCUT2D eigenvalue weighted by molar-refractivity contribution is 5.80. The van der Waals surface area contributed by atoms with Crippen molar-refractivity contribution in [1.82, 2.24) is 20.1 Å². The topological polar surface area (TPSA) is 65.0 Å². The zero-order chi connectivity index (χ0) is 18.7. The zero-order valence-corrected chi connectivity index (χ0v) is 16.6. The number of aromatic nitrogens is 1. The fourth-order valence-corrected chi connectivity index (χ4v) is 3.71. The summed E-state index contributed by atoms with van der Waals surface area (Å²) in [5, 5.41) is 6.83. The lowest BCUT2D eigenvalue weighted by Gasteiger charge is -2.32. The second-order valence-corrected chi connectivity index (χ2v) is 7.12. The number of nitrogens with one attached hydrogen (secondary N) is 2. The molecule has 7 heteroatoms. The molecule has 1 aromatic heterocycles. The Labute approximate surface area is 163 Å². The van der Waals surface area contributed by atoms with Crippen molar-refractivity contribution in [3.8, 4) is 0 Å². The first-order valence-electron chi connectivity index (χ1n) is 10.4. The van der Waals surface area contributed by atoms with Crippen molar-refractivity contribution in [2.45, 2.75) is 32.2 Å². The smallest absolute Gasteiger partial charge is 0.193 e. The van der Waals surface area contributed by atoms with Gasteiger partial charge < -0.3 is 20.3 Å². The van der Waals surface area contributed by atoms with Gasteiger partial charge in [0.1, 0.15) is 5.82 Å². The summed E-state index contributed by atoms with van der Waals surface area (Å²) < 4.78 is 5.49. The van der Waals surface area contributed by atoms with Crippen molar-refractivity contribution in [1.29, 1.82) is 0 Å². The Morgan fingerprint density at radius 1 is 1.26 bits per heavy atom. The Kier molecular flexibility index (Phi) is 8.17. The van der Waals surface area contributed by atoms with Gasteiger partial charge in [-0.3, -0.25) is 9.89 Å². The molecule has 2 saturated heterocycles. The van der Waals surface area contributed by atoms with Crippen molar-refractivity contribution < 1.29 is 4.74 Å². The lowest BCUT2D eigenvalue weighted by molar-refractivity contribution is 0.0195. The Morgan fingerprint density at radius 3 is 2.93 bits per heavy atom. The standard InChI is InChI=1S/C20H34N6O/c1-2-21-20(24-11-6-5-10-23-19-7-3-4-9-22-19)26-12-8-18(17-26)25-13-15-27-16-14-25/h3-4,7,9,18H,2,5-6,8,10-17H2,1H3,(H,21,24)(H,22,23). The fraction of sp³-hybridized carbons (Fsp3) is 0.700. The van der Waals surface area contributed by atoms with E-state index in [4.69, 9.17) is 9.73 Å². The number of hydrogen-bond acceptors (Lipinski definition) is 5. The molecule has 150 valence electrons. The number of nitrogens with zero attached hydrogens (tertiary/aromatic N) is 4. The summed E-state index contributed by atoms with van der Waals surface area (Å²) in [4.78, 5) is 14.2. The van der Waals surface area contributed by atoms with Crippen LogP contribution in [-0.2, 0) is 4.74 Å². The van der Waals surface area contributed by atoms with Crippen molar-refractivity contribution in [2.24, 2.45) is 4.99 Å². The van der Waals surface area contributed by atoms with E-state index in [1.165, 1.54) is 6.42 Å². The van der Waals surface area contributed by atoms with Crippen LogP contribution in [0, 0.1) is 0 Å². The average molecular weight is 375 g/mol. The van der Waals surface area contributed by atoms with Crippen LogP contribution in [0.3, 0.4) is 0 Å². The number of aliphatic imine (C=N–C) groups is 1. The predicted molar refractivity (Wildman–Crippen MR) is 110 cm³/mol. The minimum absolute atomic E-state index is 0.639. The molecule has 1 atom stereocenters. The van der Waals surface area contributed by atoms with Gasteiger partial charge in [0.25, 0.3) is 0 Å². The van der Waals surface area contributed by atoms with Gasteiger partial charge in [0.15, 0.2) is 5.96 Å². The number of anilines is 1. The third-order valence-electron chi connectivity index (χ3n) is 5.18. The van der Waals surface area contributed by atoms with Crippen LogP contribution in [0.15, 0.2) is 29.4 Å². The van der Waals surface area contributed by atoms with E-state index in [0.29, 0.717) is 6.04 Å². The van der Waals surface area contributed by atoms with E-state index in [1.807, 2.05) is 24.4 Å². The van der Waals surface area contributed by atoms with Gasteiger partial charge in [0.05, 0.1) is 13.2 Å². The Balaban J connectivity index is 1.38. The summed E-state index contributed by atoms with van der Waals surface area (Å²) >= 11 is 0. The number of ether oxygens (including phenoxy) is 1. The molecule has 2 aliphatic heterocycles. The summed E-state index contributed by atoms with van der Waals surface area (Å²) in [5.74, 6) is 2.02. The summed E-state index contributed by atoms with van der Waals surface area (Å²) in [6, 6.07) is 6.58. The number of rotatable bonds is 8. The summed E-state index contributed by atoms with van der Waals surface area (Å²) in [7, 11) is 0. The maximum Gasteiger partial charge on any atom is 0.193 e. The molecule has 0 radical (unpaired) electrons. The second-order valence-electron chi connectivity index (χ2n) is 7.12. The molecule has 0 aromatic carbocycles. The summed E-state index contributed by atoms with van der Waals surface area (Å²) in [6.07, 6.45) is 5.21. The van der Waals surface area contributed by atoms with Crippen LogP contribution in [0.4, 0.5) is 5.82 Å². The number of hydrogen-bond donors (Lipinski definition) is 2. The maximum absolute atomic E-state index is 5.49. The molecule has 3 heterocycles. The minimum Gasteiger partial charge on any atom is -0.379 e. The summed E-state index contributed by atoms with van der Waals surface area (Å²) in [6.45, 7) is 10.9. The highest BCUT2D eigenvalue weighted by Crippen LogP contribution is 2.17. The Morgan fingerprint density at radius 2 is 2.15 bits per heavy atom. The summed E-state index contributed by atoms with van der Waals surface area (Å²) in [5.41, 5.74) is 0. The van der Waals surface area contributed by atoms with Gasteiger partial charge in [-0.2, -0.15) is 0 Å². The first-order valence-corrected chi connectivity index (χ1v) is 10.4. The molecule has 27 heavy (non-hydrogen) atoms. The largest absolute Gasteiger partial charge is 0.379 e. The number of unbranched alkanes of at least 4 members (excludes halogenated alkanes) is 1. The molecular formula is C20H34N6O. The van der Waals surface area contributed by atoms with E-state index in [0.717, 1.165) is 83.6 Å². The van der Waals surface area contributed by atoms with Crippen molar-refractivity contribution in [3.63, 3.8) is 0 Å². The molecule has 0 saturated carbocycles. The number of guanidine groups is 1. The van der Waals surface area contributed by atoms with E-state index >= 15 is 0 Å². The Bertz CT molecular complexity index is 561. The lowest BCUT2D eigenvalue weighted by atomic mass is 10.2. The van der Waals surface area contributed by atoms with Crippen LogP contribution < -0.4 is 10.6 Å². The molecular weight excluding hydrogens is 340 g/mol. The highest BCUT2D eigenvalue weighted by atomic mass is 16.5. The molecule has 3 rings (SSSR count). The molecule has 0 bridgehead atoms. The molecule has 0 spiro atoms. The fourth-order valence-electron chi connectivity index (χ4n) is 3.71. The number of morpholine rings is 1. The molecule has 0 amide bonds. The third-order valence-corrected chi connectivity index (χ3v) is 5.18. The SMILES string of the molecule is CCNC(=NCCCCNc1ccccn1)N1CCC(N2CCOCC2)C1. The van der Waals surface area contributed by atoms with Gasteiger partial charge in [-0.1, -0.05) is 6.07 Å².